The number of halogens is 3. The van der Waals surface area contributed by atoms with Crippen LogP contribution in [0.1, 0.15) is 21.5 Å². The van der Waals surface area contributed by atoms with E-state index >= 15 is 4.39 Å². The van der Waals surface area contributed by atoms with Crippen molar-refractivity contribution in [2.24, 2.45) is 16.7 Å². The van der Waals surface area contributed by atoms with Gasteiger partial charge in [-0.15, -0.1) is 0 Å². The number of aromatic nitrogens is 2. The first-order chi connectivity index (χ1) is 18.8. The van der Waals surface area contributed by atoms with Gasteiger partial charge in [0.1, 0.15) is 34.7 Å². The molecule has 1 atom stereocenters. The molecule has 0 saturated carbocycles. The second-order valence-electron chi connectivity index (χ2n) is 8.41. The number of nitrogens with one attached hydrogen (secondary N) is 3. The zero-order valence-corrected chi connectivity index (χ0v) is 20.8. The first-order valence-corrected chi connectivity index (χ1v) is 12.6. The predicted molar refractivity (Wildman–Crippen MR) is 141 cm³/mol. The highest BCUT2D eigenvalue weighted by Crippen LogP contribution is 2.29. The molecule has 0 radical (unpaired) electrons. The summed E-state index contributed by atoms with van der Waals surface area (Å²) in [5.74, 6) is 1.51. The molecule has 1 unspecified atom stereocenters. The van der Waals surface area contributed by atoms with Gasteiger partial charge in [0.25, 0.3) is 5.65 Å². The van der Waals surface area contributed by atoms with Crippen LogP contribution in [0.5, 0.6) is 0 Å². The molecule has 0 fully saturated rings. The van der Waals surface area contributed by atoms with Crippen LogP contribution in [-0.4, -0.2) is 20.8 Å². The van der Waals surface area contributed by atoms with Crippen molar-refractivity contribution >= 4 is 39.3 Å². The number of anilines is 1. The van der Waals surface area contributed by atoms with Gasteiger partial charge in [0.15, 0.2) is 5.82 Å². The molecule has 0 amide bonds. The van der Waals surface area contributed by atoms with Crippen LogP contribution in [-0.2, 0) is 11.0 Å². The van der Waals surface area contributed by atoms with Gasteiger partial charge < -0.3 is 11.6 Å². The molecule has 0 spiro atoms. The van der Waals surface area contributed by atoms with Crippen molar-refractivity contribution in [3.05, 3.63) is 113 Å². The number of nitrogens with two attached hydrogens (primary N) is 2. The van der Waals surface area contributed by atoms with Crippen molar-refractivity contribution in [1.29, 1.82) is 0 Å². The number of hydrogen-bond donors (Lipinski definition) is 4. The van der Waals surface area contributed by atoms with Crippen LogP contribution >= 0.6 is 0 Å². The Kier molecular flexibility index (Phi) is 6.86. The zero-order chi connectivity index (χ0) is 27.7. The van der Waals surface area contributed by atoms with Gasteiger partial charge >= 0.3 is 0 Å². The highest BCUT2D eigenvalue weighted by atomic mass is 32.2. The van der Waals surface area contributed by atoms with Crippen molar-refractivity contribution in [1.82, 2.24) is 4.98 Å². The molecule has 3 aromatic carbocycles. The normalized spacial score (nSPS) is 12.4. The van der Waals surface area contributed by atoms with Crippen LogP contribution in [0.15, 0.2) is 89.1 Å². The number of nitrogens with zero attached hydrogens (tertiary/aromatic N) is 1. The molecule has 8 nitrogen and oxygen atoms in total. The number of carbonyl (C=O) groups excluding carboxylic acids is 1. The zero-order valence-electron chi connectivity index (χ0n) is 20.0. The summed E-state index contributed by atoms with van der Waals surface area (Å²) in [6, 6.07) is 15.5. The van der Waals surface area contributed by atoms with E-state index in [1.807, 2.05) is 0 Å². The Balaban J connectivity index is 1.50. The van der Waals surface area contributed by atoms with Gasteiger partial charge in [0, 0.05) is 11.1 Å². The van der Waals surface area contributed by atoms with E-state index in [1.165, 1.54) is 24.4 Å². The van der Waals surface area contributed by atoms with E-state index in [9.17, 15) is 17.8 Å². The lowest BCUT2D eigenvalue weighted by Crippen LogP contribution is -2.15. The van der Waals surface area contributed by atoms with Gasteiger partial charge in [0.2, 0.25) is 5.78 Å². The second kappa shape index (κ2) is 10.4. The lowest BCUT2D eigenvalue weighted by molar-refractivity contribution is -0.346. The fraction of sp³-hybridized carbons (Fsp3) is 0. The first-order valence-electron chi connectivity index (χ1n) is 11.4. The van der Waals surface area contributed by atoms with Gasteiger partial charge in [-0.05, 0) is 42.0 Å². The van der Waals surface area contributed by atoms with E-state index in [0.717, 1.165) is 23.8 Å². The highest BCUT2D eigenvalue weighted by Gasteiger charge is 2.27. The Bertz CT molecular complexity index is 1790. The van der Waals surface area contributed by atoms with Crippen LogP contribution in [0.25, 0.3) is 22.2 Å². The van der Waals surface area contributed by atoms with E-state index in [-0.39, 0.29) is 22.0 Å². The predicted octanol–water partition coefficient (Wildman–Crippen LogP) is 4.01. The lowest BCUT2D eigenvalue weighted by atomic mass is 9.99. The molecule has 0 aliphatic heterocycles. The number of hydrogen-bond acceptors (Lipinski definition) is 4. The molecule has 5 aromatic rings. The maximum Gasteiger partial charge on any atom is 0.285 e. The summed E-state index contributed by atoms with van der Waals surface area (Å²) < 4.78 is 58.7. The Morgan fingerprint density at radius 3 is 2.49 bits per heavy atom. The molecule has 2 aromatic heterocycles. The molecule has 12 heteroatoms. The number of hydrazone groups is 1. The van der Waals surface area contributed by atoms with Crippen LogP contribution < -0.4 is 21.3 Å². The number of amidine groups is 1. The maximum absolute atomic E-state index is 15.4. The van der Waals surface area contributed by atoms with Crippen molar-refractivity contribution in [3.63, 3.8) is 0 Å². The number of ketones is 1. The third-order valence-electron chi connectivity index (χ3n) is 6.02. The minimum Gasteiger partial charge on any atom is -0.382 e. The van der Waals surface area contributed by atoms with E-state index in [1.54, 1.807) is 36.5 Å². The smallest absolute Gasteiger partial charge is 0.285 e. The van der Waals surface area contributed by atoms with E-state index < -0.39 is 39.8 Å². The summed E-state index contributed by atoms with van der Waals surface area (Å²) in [5, 5.41) is 3.85. The molecule has 39 heavy (non-hydrogen) atoms. The van der Waals surface area contributed by atoms with Crippen LogP contribution in [0.3, 0.4) is 0 Å². The van der Waals surface area contributed by atoms with Crippen LogP contribution in [0.2, 0.25) is 0 Å². The number of benzene rings is 3. The summed E-state index contributed by atoms with van der Waals surface area (Å²) in [5.41, 5.74) is 7.07. The molecular weight excluding hydrogens is 529 g/mol. The number of H-pyrrole nitrogens is 2. The molecule has 0 aliphatic carbocycles. The summed E-state index contributed by atoms with van der Waals surface area (Å²) in [4.78, 5) is 19.4. The van der Waals surface area contributed by atoms with E-state index in [0.29, 0.717) is 22.2 Å². The largest absolute Gasteiger partial charge is 0.382 e. The van der Waals surface area contributed by atoms with Crippen LogP contribution in [0.4, 0.5) is 18.9 Å². The number of carbonyl (C=O) groups is 1. The third-order valence-corrected chi connectivity index (χ3v) is 7.11. The monoisotopic (exact) mass is 549 g/mol. The van der Waals surface area contributed by atoms with Crippen molar-refractivity contribution in [3.8, 4) is 11.1 Å². The quantitative estimate of drug-likeness (QED) is 0.0801. The lowest BCUT2D eigenvalue weighted by Gasteiger charge is -2.11. The minimum atomic E-state index is -2.07. The number of fused-ring (bicyclic) bond motifs is 1. The Labute approximate surface area is 222 Å². The standard InChI is InChI=1S/C27H19F3N6O2S/c28-17-2-1-3-18(11-17)39(38)36-22-9-8-21(29)23(24(22)30)25(37)20-13-34-27-19(20)10-16(12-33-27)14-4-6-15(7-5-14)26(31)35-32/h1-13,36H,32H2,(H2,31,35)(H,33,34)/p+1. The fourth-order valence-corrected chi connectivity index (χ4v) is 4.93. The number of aromatic amines is 2. The summed E-state index contributed by atoms with van der Waals surface area (Å²) in [7, 11) is -2.07. The third kappa shape index (κ3) is 4.97. The summed E-state index contributed by atoms with van der Waals surface area (Å²) in [6.45, 7) is 0. The van der Waals surface area contributed by atoms with Crippen molar-refractivity contribution in [2.45, 2.75) is 4.90 Å². The van der Waals surface area contributed by atoms with Gasteiger partial charge in [-0.25, -0.2) is 27.3 Å². The SMILES string of the molecule is N/N=C(\N)c1ccc(-c2c[nH+]c3[nH]cc(C(=O)c4c(F)ccc(NS(=O)c5cccc(F)c5)c4F)c3c2)cc1. The molecule has 7 N–H and O–H groups in total. The Morgan fingerprint density at radius 2 is 1.77 bits per heavy atom. The molecule has 196 valence electrons. The Hall–Kier alpha value is -4.97. The highest BCUT2D eigenvalue weighted by molar-refractivity contribution is 7.86. The van der Waals surface area contributed by atoms with E-state index in [4.69, 9.17) is 11.6 Å². The summed E-state index contributed by atoms with van der Waals surface area (Å²) in [6.07, 6.45) is 3.05. The molecule has 0 bridgehead atoms. The topological polar surface area (TPSA) is 140 Å². The molecular formula is C27H20F3N6O2S+. The number of rotatable bonds is 7. The van der Waals surface area contributed by atoms with Gasteiger partial charge in [-0.1, -0.05) is 30.3 Å². The van der Waals surface area contributed by atoms with E-state index in [2.05, 4.69) is 19.8 Å². The maximum atomic E-state index is 15.4. The number of pyridine rings is 1. The second-order valence-corrected chi connectivity index (χ2v) is 9.63. The van der Waals surface area contributed by atoms with Gasteiger partial charge in [0.05, 0.1) is 33.3 Å². The average Bonchev–Trinajstić information content (AvgIpc) is 3.37. The van der Waals surface area contributed by atoms with Gasteiger partial charge in [-0.2, -0.15) is 5.10 Å². The summed E-state index contributed by atoms with van der Waals surface area (Å²) >= 11 is 0. The fourth-order valence-electron chi connectivity index (χ4n) is 4.03. The molecule has 0 aliphatic rings. The first kappa shape index (κ1) is 25.7. The van der Waals surface area contributed by atoms with Crippen LogP contribution in [0, 0.1) is 17.5 Å². The average molecular weight is 550 g/mol. The minimum absolute atomic E-state index is 0.0143. The van der Waals surface area contributed by atoms with Gasteiger partial charge in [-0.3, -0.25) is 9.52 Å². The Morgan fingerprint density at radius 1 is 1.00 bits per heavy atom. The molecule has 2 heterocycles. The molecule has 0 saturated heterocycles. The molecule has 5 rings (SSSR count). The van der Waals surface area contributed by atoms with Crippen molar-refractivity contribution in [2.75, 3.05) is 4.72 Å². The van der Waals surface area contributed by atoms with Crippen molar-refractivity contribution < 1.29 is 27.2 Å².